The molecule has 0 aromatic heterocycles. The zero-order valence-electron chi connectivity index (χ0n) is 12.0. The zero-order chi connectivity index (χ0) is 16.2. The number of hydrogen-bond acceptors (Lipinski definition) is 3. The van der Waals surface area contributed by atoms with Crippen molar-refractivity contribution in [3.8, 4) is 0 Å². The summed E-state index contributed by atoms with van der Waals surface area (Å²) < 4.78 is 27.3. The van der Waals surface area contributed by atoms with E-state index >= 15 is 0 Å². The van der Waals surface area contributed by atoms with Gasteiger partial charge < -0.3 is 5.32 Å². The molecule has 1 amide bonds. The van der Waals surface area contributed by atoms with E-state index in [1.54, 1.807) is 6.07 Å². The van der Waals surface area contributed by atoms with Crippen molar-refractivity contribution in [2.24, 2.45) is 0 Å². The molecule has 0 radical (unpaired) electrons. The third-order valence-electron chi connectivity index (χ3n) is 3.47. The van der Waals surface area contributed by atoms with Crippen LogP contribution in [0.2, 0.25) is 0 Å². The van der Waals surface area contributed by atoms with Gasteiger partial charge in [0, 0.05) is 28.5 Å². The summed E-state index contributed by atoms with van der Waals surface area (Å²) in [5.41, 5.74) is 0.668. The van der Waals surface area contributed by atoms with Crippen LogP contribution in [-0.2, 0) is 14.8 Å². The summed E-state index contributed by atoms with van der Waals surface area (Å²) in [6.07, 6.45) is 2.37. The van der Waals surface area contributed by atoms with Crippen LogP contribution in [0.5, 0.6) is 0 Å². The number of nitrogens with one attached hydrogen (secondary N) is 1. The van der Waals surface area contributed by atoms with Crippen LogP contribution in [0, 0.1) is 0 Å². The number of nitrogens with zero attached hydrogens (tertiary/aromatic N) is 1. The summed E-state index contributed by atoms with van der Waals surface area (Å²) in [4.78, 5) is 11.9. The maximum atomic E-state index is 12.1. The second-order valence-corrected chi connectivity index (χ2v) is 9.06. The molecule has 2 rings (SSSR count). The molecular weight excluding hydrogens is 436 g/mol. The molecule has 8 heteroatoms. The number of sulfonamides is 1. The van der Waals surface area contributed by atoms with E-state index < -0.39 is 10.0 Å². The zero-order valence-corrected chi connectivity index (χ0v) is 16.0. The third-order valence-corrected chi connectivity index (χ3v) is 6.61. The number of hydrogen-bond donors (Lipinski definition) is 1. The van der Waals surface area contributed by atoms with Crippen LogP contribution in [0.3, 0.4) is 0 Å². The number of anilines is 1. The number of carbonyl (C=O) groups excluding carboxylic acids is 1. The van der Waals surface area contributed by atoms with Crippen molar-refractivity contribution >= 4 is 53.5 Å². The first-order chi connectivity index (χ1) is 10.4. The van der Waals surface area contributed by atoms with Crippen molar-refractivity contribution in [2.75, 3.05) is 24.2 Å². The van der Waals surface area contributed by atoms with Gasteiger partial charge >= 0.3 is 0 Å². The quantitative estimate of drug-likeness (QED) is 0.718. The summed E-state index contributed by atoms with van der Waals surface area (Å²) in [7, 11) is -3.21. The highest BCUT2D eigenvalue weighted by Crippen LogP contribution is 2.26. The fourth-order valence-electron chi connectivity index (χ4n) is 2.32. The maximum absolute atomic E-state index is 12.1. The molecule has 0 spiro atoms. The Balaban J connectivity index is 1.81. The molecule has 1 saturated heterocycles. The number of benzene rings is 1. The van der Waals surface area contributed by atoms with E-state index in [2.05, 4.69) is 37.2 Å². The smallest absolute Gasteiger partial charge is 0.224 e. The molecule has 1 heterocycles. The Morgan fingerprint density at radius 2 is 1.91 bits per heavy atom. The van der Waals surface area contributed by atoms with Crippen molar-refractivity contribution in [1.29, 1.82) is 0 Å². The number of rotatable bonds is 6. The minimum Gasteiger partial charge on any atom is -0.325 e. The lowest BCUT2D eigenvalue weighted by Gasteiger charge is -2.15. The summed E-state index contributed by atoms with van der Waals surface area (Å²) in [5.74, 6) is -0.157. The lowest BCUT2D eigenvalue weighted by Crippen LogP contribution is -2.30. The molecule has 1 fully saturated rings. The fourth-order valence-corrected chi connectivity index (χ4v) is 4.61. The molecule has 0 unspecified atom stereocenters. The number of carbonyl (C=O) groups is 1. The molecule has 0 bridgehead atoms. The fraction of sp³-hybridized carbons (Fsp3) is 0.500. The Kier molecular flexibility index (Phi) is 6.43. The first-order valence-electron chi connectivity index (χ1n) is 7.11. The molecule has 0 aliphatic carbocycles. The van der Waals surface area contributed by atoms with Gasteiger partial charge in [-0.05, 0) is 53.4 Å². The second kappa shape index (κ2) is 7.90. The molecular formula is C14H18Br2N2O3S. The molecule has 1 aliphatic heterocycles. The van der Waals surface area contributed by atoms with E-state index in [1.165, 1.54) is 4.31 Å². The van der Waals surface area contributed by atoms with Crippen molar-refractivity contribution < 1.29 is 13.2 Å². The molecule has 22 heavy (non-hydrogen) atoms. The molecule has 1 N–H and O–H groups in total. The van der Waals surface area contributed by atoms with Gasteiger partial charge in [0.2, 0.25) is 15.9 Å². The molecule has 0 saturated carbocycles. The van der Waals surface area contributed by atoms with Crippen LogP contribution < -0.4 is 5.32 Å². The molecule has 1 aromatic rings. The van der Waals surface area contributed by atoms with Crippen molar-refractivity contribution in [3.05, 3.63) is 27.1 Å². The van der Waals surface area contributed by atoms with Gasteiger partial charge in [-0.2, -0.15) is 0 Å². The maximum Gasteiger partial charge on any atom is 0.224 e. The van der Waals surface area contributed by atoms with E-state index in [0.717, 1.165) is 21.8 Å². The molecule has 1 aliphatic rings. The number of amides is 1. The summed E-state index contributed by atoms with van der Waals surface area (Å²) in [5, 5.41) is 2.78. The average molecular weight is 454 g/mol. The van der Waals surface area contributed by atoms with Gasteiger partial charge in [-0.25, -0.2) is 12.7 Å². The first kappa shape index (κ1) is 17.9. The SMILES string of the molecule is O=C(CCCS(=O)(=O)N1CCCC1)Nc1cc(Br)ccc1Br. The minimum atomic E-state index is -3.21. The number of halogens is 2. The van der Waals surface area contributed by atoms with Crippen LogP contribution in [0.25, 0.3) is 0 Å². The van der Waals surface area contributed by atoms with Crippen molar-refractivity contribution in [2.45, 2.75) is 25.7 Å². The highest BCUT2D eigenvalue weighted by Gasteiger charge is 2.24. The standard InChI is InChI=1S/C14H18Br2N2O3S/c15-11-5-6-12(16)13(10-11)17-14(19)4-3-9-22(20,21)18-7-1-2-8-18/h5-6,10H,1-4,7-9H2,(H,17,19). The van der Waals surface area contributed by atoms with Gasteiger partial charge in [0.1, 0.15) is 0 Å². The van der Waals surface area contributed by atoms with Gasteiger partial charge in [0.15, 0.2) is 0 Å². The highest BCUT2D eigenvalue weighted by atomic mass is 79.9. The average Bonchev–Trinajstić information content (AvgIpc) is 2.97. The molecule has 122 valence electrons. The Bertz CT molecular complexity index is 643. The first-order valence-corrected chi connectivity index (χ1v) is 10.3. The van der Waals surface area contributed by atoms with Gasteiger partial charge in [-0.3, -0.25) is 4.79 Å². The van der Waals surface area contributed by atoms with Crippen LogP contribution in [0.1, 0.15) is 25.7 Å². The van der Waals surface area contributed by atoms with Crippen LogP contribution in [0.15, 0.2) is 27.1 Å². The Morgan fingerprint density at radius 3 is 2.59 bits per heavy atom. The van der Waals surface area contributed by atoms with E-state index in [0.29, 0.717) is 25.2 Å². The topological polar surface area (TPSA) is 66.5 Å². The predicted octanol–water partition coefficient (Wildman–Crippen LogP) is 3.36. The summed E-state index contributed by atoms with van der Waals surface area (Å²) >= 11 is 6.71. The van der Waals surface area contributed by atoms with Gasteiger partial charge in [-0.15, -0.1) is 0 Å². The van der Waals surface area contributed by atoms with Gasteiger partial charge in [-0.1, -0.05) is 15.9 Å². The van der Waals surface area contributed by atoms with E-state index in [-0.39, 0.29) is 18.1 Å². The Labute approximate surface area is 147 Å². The van der Waals surface area contributed by atoms with Crippen LogP contribution in [0.4, 0.5) is 5.69 Å². The van der Waals surface area contributed by atoms with E-state index in [9.17, 15) is 13.2 Å². The largest absolute Gasteiger partial charge is 0.325 e. The second-order valence-electron chi connectivity index (χ2n) is 5.20. The van der Waals surface area contributed by atoms with Gasteiger partial charge in [0.25, 0.3) is 0 Å². The van der Waals surface area contributed by atoms with Crippen molar-refractivity contribution in [1.82, 2.24) is 4.31 Å². The van der Waals surface area contributed by atoms with Gasteiger partial charge in [0.05, 0.1) is 11.4 Å². The lowest BCUT2D eigenvalue weighted by atomic mass is 10.3. The third kappa shape index (κ3) is 5.04. The highest BCUT2D eigenvalue weighted by molar-refractivity contribution is 9.11. The Morgan fingerprint density at radius 1 is 1.23 bits per heavy atom. The van der Waals surface area contributed by atoms with Crippen molar-refractivity contribution in [3.63, 3.8) is 0 Å². The van der Waals surface area contributed by atoms with Crippen LogP contribution in [-0.4, -0.2) is 37.5 Å². The molecule has 5 nitrogen and oxygen atoms in total. The van der Waals surface area contributed by atoms with E-state index in [1.807, 2.05) is 12.1 Å². The Hall–Kier alpha value is -0.440. The van der Waals surface area contributed by atoms with E-state index in [4.69, 9.17) is 0 Å². The summed E-state index contributed by atoms with van der Waals surface area (Å²) in [6.45, 7) is 1.22. The van der Waals surface area contributed by atoms with Crippen LogP contribution >= 0.6 is 31.9 Å². The molecule has 1 aromatic carbocycles. The normalized spacial score (nSPS) is 15.9. The molecule has 0 atom stereocenters. The predicted molar refractivity (Wildman–Crippen MR) is 94.3 cm³/mol. The monoisotopic (exact) mass is 452 g/mol. The summed E-state index contributed by atoms with van der Waals surface area (Å²) in [6, 6.07) is 5.49. The minimum absolute atomic E-state index is 0.0279. The lowest BCUT2D eigenvalue weighted by molar-refractivity contribution is -0.116.